The first-order valence-corrected chi connectivity index (χ1v) is 4.12. The highest BCUT2D eigenvalue weighted by Gasteiger charge is 1.94. The van der Waals surface area contributed by atoms with Gasteiger partial charge in [0, 0.05) is 11.4 Å². The van der Waals surface area contributed by atoms with E-state index < -0.39 is 0 Å². The van der Waals surface area contributed by atoms with Crippen LogP contribution in [-0.4, -0.2) is 0 Å². The Morgan fingerprint density at radius 2 is 2.50 bits per heavy atom. The molecule has 1 aromatic rings. The van der Waals surface area contributed by atoms with E-state index in [1.165, 1.54) is 10.4 Å². The molecule has 2 N–H and O–H groups in total. The fraction of sp³-hybridized carbons (Fsp3) is 0.250. The van der Waals surface area contributed by atoms with E-state index in [-0.39, 0.29) is 0 Å². The summed E-state index contributed by atoms with van der Waals surface area (Å²) in [6.07, 6.45) is 2.86. The second kappa shape index (κ2) is 3.54. The van der Waals surface area contributed by atoms with Crippen molar-refractivity contribution >= 4 is 11.3 Å². The molecule has 0 atom stereocenters. The summed E-state index contributed by atoms with van der Waals surface area (Å²) in [5, 5.41) is 2.13. The van der Waals surface area contributed by atoms with Crippen LogP contribution in [0.1, 0.15) is 10.4 Å². The molecule has 0 unspecified atom stereocenters. The van der Waals surface area contributed by atoms with Gasteiger partial charge < -0.3 is 5.73 Å². The highest BCUT2D eigenvalue weighted by molar-refractivity contribution is 7.10. The molecule has 0 aromatic carbocycles. The highest BCUT2D eigenvalue weighted by Crippen LogP contribution is 2.14. The molecule has 0 radical (unpaired) electrons. The molecule has 0 bridgehead atoms. The standard InChI is InChI=1S/C8H11NS/c1-2-3-7-4-8(5-9)10-6-7/h2,4,6H,1,3,5,9H2. The zero-order valence-corrected chi connectivity index (χ0v) is 6.66. The molecule has 10 heavy (non-hydrogen) atoms. The Hall–Kier alpha value is -0.600. The van der Waals surface area contributed by atoms with Crippen molar-refractivity contribution in [2.24, 2.45) is 5.73 Å². The average molecular weight is 153 g/mol. The van der Waals surface area contributed by atoms with Gasteiger partial charge in [0.25, 0.3) is 0 Å². The SMILES string of the molecule is C=CCc1csc(CN)c1. The third-order valence-corrected chi connectivity index (χ3v) is 2.30. The van der Waals surface area contributed by atoms with Crippen LogP contribution in [0.4, 0.5) is 0 Å². The van der Waals surface area contributed by atoms with E-state index in [1.54, 1.807) is 11.3 Å². The molecule has 0 aliphatic rings. The van der Waals surface area contributed by atoms with Gasteiger partial charge >= 0.3 is 0 Å². The van der Waals surface area contributed by atoms with Crippen molar-refractivity contribution in [3.63, 3.8) is 0 Å². The summed E-state index contributed by atoms with van der Waals surface area (Å²) in [6.45, 7) is 4.32. The summed E-state index contributed by atoms with van der Waals surface area (Å²) in [5.74, 6) is 0. The van der Waals surface area contributed by atoms with Crippen LogP contribution < -0.4 is 5.73 Å². The fourth-order valence-corrected chi connectivity index (χ4v) is 1.59. The van der Waals surface area contributed by atoms with Gasteiger partial charge in [0.2, 0.25) is 0 Å². The molecule has 0 fully saturated rings. The molecule has 1 heterocycles. The first kappa shape index (κ1) is 7.51. The maximum absolute atomic E-state index is 5.44. The van der Waals surface area contributed by atoms with Gasteiger partial charge in [-0.15, -0.1) is 17.9 Å². The van der Waals surface area contributed by atoms with E-state index in [4.69, 9.17) is 5.73 Å². The Labute approximate surface area is 65.2 Å². The molecular weight excluding hydrogens is 142 g/mol. The monoisotopic (exact) mass is 153 g/mol. The summed E-state index contributed by atoms with van der Waals surface area (Å²) in [5.41, 5.74) is 6.76. The Bertz CT molecular complexity index is 215. The molecule has 0 spiro atoms. The molecule has 1 rings (SSSR count). The molecule has 0 amide bonds. The Morgan fingerprint density at radius 1 is 1.70 bits per heavy atom. The lowest BCUT2D eigenvalue weighted by molar-refractivity contribution is 1.10. The number of hydrogen-bond acceptors (Lipinski definition) is 2. The predicted molar refractivity (Wildman–Crippen MR) is 46.1 cm³/mol. The second-order valence-corrected chi connectivity index (χ2v) is 3.11. The van der Waals surface area contributed by atoms with Crippen LogP contribution in [0.25, 0.3) is 0 Å². The zero-order valence-electron chi connectivity index (χ0n) is 5.84. The van der Waals surface area contributed by atoms with Crippen molar-refractivity contribution in [1.82, 2.24) is 0 Å². The molecule has 0 saturated carbocycles. The van der Waals surface area contributed by atoms with Crippen LogP contribution >= 0.6 is 11.3 Å². The minimum absolute atomic E-state index is 0.655. The molecular formula is C8H11NS. The number of nitrogens with two attached hydrogens (primary N) is 1. The number of allylic oxidation sites excluding steroid dienone is 1. The van der Waals surface area contributed by atoms with E-state index in [1.807, 2.05) is 6.08 Å². The fourth-order valence-electron chi connectivity index (χ4n) is 0.807. The molecule has 1 nitrogen and oxygen atoms in total. The summed E-state index contributed by atoms with van der Waals surface area (Å²) < 4.78 is 0. The minimum atomic E-state index is 0.655. The lowest BCUT2D eigenvalue weighted by atomic mass is 10.2. The Morgan fingerprint density at radius 3 is 3.00 bits per heavy atom. The molecule has 0 aliphatic heterocycles. The van der Waals surface area contributed by atoms with Gasteiger partial charge in [-0.2, -0.15) is 0 Å². The summed E-state index contributed by atoms with van der Waals surface area (Å²) in [4.78, 5) is 1.25. The van der Waals surface area contributed by atoms with Gasteiger partial charge in [-0.25, -0.2) is 0 Å². The van der Waals surface area contributed by atoms with E-state index in [9.17, 15) is 0 Å². The van der Waals surface area contributed by atoms with Crippen molar-refractivity contribution in [1.29, 1.82) is 0 Å². The van der Waals surface area contributed by atoms with E-state index in [0.717, 1.165) is 6.42 Å². The zero-order chi connectivity index (χ0) is 7.40. The summed E-state index contributed by atoms with van der Waals surface area (Å²) in [6, 6.07) is 2.13. The molecule has 54 valence electrons. The Balaban J connectivity index is 2.67. The summed E-state index contributed by atoms with van der Waals surface area (Å²) in [7, 11) is 0. The van der Waals surface area contributed by atoms with Crippen LogP contribution in [0.3, 0.4) is 0 Å². The van der Waals surface area contributed by atoms with E-state index in [0.29, 0.717) is 6.54 Å². The highest BCUT2D eigenvalue weighted by atomic mass is 32.1. The smallest absolute Gasteiger partial charge is 0.0273 e. The van der Waals surface area contributed by atoms with Crippen LogP contribution in [-0.2, 0) is 13.0 Å². The lowest BCUT2D eigenvalue weighted by Gasteiger charge is -1.85. The lowest BCUT2D eigenvalue weighted by Crippen LogP contribution is -1.91. The number of thiophene rings is 1. The van der Waals surface area contributed by atoms with Crippen LogP contribution in [0.5, 0.6) is 0 Å². The number of rotatable bonds is 3. The van der Waals surface area contributed by atoms with Gasteiger partial charge in [-0.05, 0) is 23.4 Å². The van der Waals surface area contributed by atoms with Gasteiger partial charge in [0.1, 0.15) is 0 Å². The predicted octanol–water partition coefficient (Wildman–Crippen LogP) is 1.94. The molecule has 0 saturated heterocycles. The first-order valence-electron chi connectivity index (χ1n) is 3.24. The van der Waals surface area contributed by atoms with Crippen LogP contribution in [0, 0.1) is 0 Å². The van der Waals surface area contributed by atoms with Crippen molar-refractivity contribution in [2.45, 2.75) is 13.0 Å². The van der Waals surface area contributed by atoms with E-state index in [2.05, 4.69) is 18.0 Å². The van der Waals surface area contributed by atoms with Gasteiger partial charge in [-0.1, -0.05) is 6.08 Å². The topological polar surface area (TPSA) is 26.0 Å². The van der Waals surface area contributed by atoms with Crippen LogP contribution in [0.15, 0.2) is 24.1 Å². The third kappa shape index (κ3) is 1.69. The van der Waals surface area contributed by atoms with Gasteiger partial charge in [0.15, 0.2) is 0 Å². The molecule has 2 heteroatoms. The summed E-state index contributed by atoms with van der Waals surface area (Å²) >= 11 is 1.72. The number of hydrogen-bond donors (Lipinski definition) is 1. The quantitative estimate of drug-likeness (QED) is 0.660. The normalized spacial score (nSPS) is 9.70. The van der Waals surface area contributed by atoms with Crippen molar-refractivity contribution in [3.8, 4) is 0 Å². The van der Waals surface area contributed by atoms with Crippen LogP contribution in [0.2, 0.25) is 0 Å². The minimum Gasteiger partial charge on any atom is -0.326 e. The molecule has 1 aromatic heterocycles. The maximum Gasteiger partial charge on any atom is 0.0273 e. The molecule has 0 aliphatic carbocycles. The Kier molecular flexibility index (Phi) is 2.66. The van der Waals surface area contributed by atoms with Gasteiger partial charge in [0.05, 0.1) is 0 Å². The van der Waals surface area contributed by atoms with Crippen molar-refractivity contribution in [2.75, 3.05) is 0 Å². The average Bonchev–Trinajstić information content (AvgIpc) is 2.37. The van der Waals surface area contributed by atoms with Gasteiger partial charge in [-0.3, -0.25) is 0 Å². The maximum atomic E-state index is 5.44. The second-order valence-electron chi connectivity index (χ2n) is 2.12. The van der Waals surface area contributed by atoms with E-state index >= 15 is 0 Å². The largest absolute Gasteiger partial charge is 0.326 e. The van der Waals surface area contributed by atoms with Crippen molar-refractivity contribution in [3.05, 3.63) is 34.5 Å². The third-order valence-electron chi connectivity index (χ3n) is 1.29. The first-order chi connectivity index (χ1) is 4.86. The van der Waals surface area contributed by atoms with Crippen molar-refractivity contribution < 1.29 is 0 Å².